The Hall–Kier alpha value is -4.04. The highest BCUT2D eigenvalue weighted by Crippen LogP contribution is 2.29. The van der Waals surface area contributed by atoms with Gasteiger partial charge in [-0.1, -0.05) is 5.92 Å². The van der Waals surface area contributed by atoms with Gasteiger partial charge in [0.1, 0.15) is 11.5 Å². The van der Waals surface area contributed by atoms with Crippen molar-refractivity contribution >= 4 is 21.4 Å². The lowest BCUT2D eigenvalue weighted by atomic mass is 10.2. The number of methoxy groups -OCH3 is 1. The summed E-state index contributed by atoms with van der Waals surface area (Å²) in [6.45, 7) is 1.68. The number of anilines is 1. The zero-order valence-electron chi connectivity index (χ0n) is 16.4. The molecule has 0 aliphatic carbocycles. The summed E-state index contributed by atoms with van der Waals surface area (Å²) in [7, 11) is -2.63. The molecule has 11 heteroatoms. The maximum Gasteiger partial charge on any atom is 0.262 e. The maximum absolute atomic E-state index is 13.2. The Morgan fingerprint density at radius 2 is 1.90 bits per heavy atom. The molecule has 9 nitrogen and oxygen atoms in total. The summed E-state index contributed by atoms with van der Waals surface area (Å²) in [4.78, 5) is 4.07. The number of nitrogens with zero attached hydrogens (tertiary/aromatic N) is 5. The molecule has 1 N–H and O–H groups in total. The van der Waals surface area contributed by atoms with Crippen molar-refractivity contribution in [3.8, 4) is 29.0 Å². The van der Waals surface area contributed by atoms with E-state index in [0.29, 0.717) is 22.7 Å². The topological polar surface area (TPSA) is 111 Å². The largest absolute Gasteiger partial charge is 0.480 e. The van der Waals surface area contributed by atoms with Crippen molar-refractivity contribution in [1.82, 2.24) is 24.8 Å². The van der Waals surface area contributed by atoms with Gasteiger partial charge in [0, 0.05) is 11.8 Å². The average Bonchev–Trinajstić information content (AvgIpc) is 3.16. The molecule has 0 bridgehead atoms. The molecular weight excluding hydrogens is 423 g/mol. The molecule has 0 unspecified atom stereocenters. The van der Waals surface area contributed by atoms with E-state index in [4.69, 9.17) is 4.74 Å². The molecule has 0 aliphatic rings. The first-order valence-electron chi connectivity index (χ1n) is 8.89. The van der Waals surface area contributed by atoms with Crippen LogP contribution in [0.15, 0.2) is 53.6 Å². The molecule has 0 aliphatic heterocycles. The Morgan fingerprint density at radius 3 is 2.61 bits per heavy atom. The minimum absolute atomic E-state index is 0.0670. The number of aromatic nitrogens is 5. The van der Waals surface area contributed by atoms with Gasteiger partial charge < -0.3 is 4.74 Å². The summed E-state index contributed by atoms with van der Waals surface area (Å²) >= 11 is 0. The molecule has 4 rings (SSSR count). The number of halogens is 1. The molecule has 0 fully saturated rings. The first-order chi connectivity index (χ1) is 14.9. The van der Waals surface area contributed by atoms with Gasteiger partial charge in [-0.15, -0.1) is 10.2 Å². The van der Waals surface area contributed by atoms with Crippen LogP contribution in [0.4, 0.5) is 10.1 Å². The zero-order valence-corrected chi connectivity index (χ0v) is 17.2. The molecule has 1 aromatic carbocycles. The van der Waals surface area contributed by atoms with Crippen LogP contribution in [0, 0.1) is 17.7 Å². The second kappa shape index (κ2) is 8.00. The molecule has 0 amide bonds. The minimum Gasteiger partial charge on any atom is -0.480 e. The van der Waals surface area contributed by atoms with E-state index in [1.807, 2.05) is 0 Å². The molecule has 4 aromatic rings. The number of rotatable bonds is 5. The molecule has 0 radical (unpaired) electrons. The van der Waals surface area contributed by atoms with Crippen molar-refractivity contribution in [2.45, 2.75) is 11.8 Å². The van der Waals surface area contributed by atoms with Gasteiger partial charge in [-0.25, -0.2) is 17.8 Å². The van der Waals surface area contributed by atoms with Gasteiger partial charge in [-0.05, 0) is 55.3 Å². The van der Waals surface area contributed by atoms with Gasteiger partial charge in [0.05, 0.1) is 17.7 Å². The Bertz CT molecular complexity index is 1440. The van der Waals surface area contributed by atoms with E-state index in [1.54, 1.807) is 19.1 Å². The summed E-state index contributed by atoms with van der Waals surface area (Å²) in [6.07, 6.45) is 1.50. The van der Waals surface area contributed by atoms with Crippen molar-refractivity contribution in [2.75, 3.05) is 11.8 Å². The van der Waals surface area contributed by atoms with Crippen LogP contribution in [0.1, 0.15) is 12.7 Å². The Balaban J connectivity index is 1.75. The lowest BCUT2D eigenvalue weighted by Gasteiger charge is -2.12. The third-order valence-corrected chi connectivity index (χ3v) is 5.59. The summed E-state index contributed by atoms with van der Waals surface area (Å²) in [5, 5.41) is 12.4. The quantitative estimate of drug-likeness (QED) is 0.477. The number of fused-ring (bicyclic) bond motifs is 1. The second-order valence-electron chi connectivity index (χ2n) is 6.23. The van der Waals surface area contributed by atoms with Gasteiger partial charge >= 0.3 is 0 Å². The van der Waals surface area contributed by atoms with Gasteiger partial charge in [0.25, 0.3) is 10.0 Å². The first kappa shape index (κ1) is 20.2. The molecule has 31 heavy (non-hydrogen) atoms. The molecule has 0 spiro atoms. The van der Waals surface area contributed by atoms with Crippen molar-refractivity contribution in [3.63, 3.8) is 0 Å². The van der Waals surface area contributed by atoms with Gasteiger partial charge in [-0.2, -0.15) is 9.61 Å². The second-order valence-corrected chi connectivity index (χ2v) is 7.91. The lowest BCUT2D eigenvalue weighted by molar-refractivity contribution is 0.400. The van der Waals surface area contributed by atoms with Crippen LogP contribution in [-0.2, 0) is 10.0 Å². The van der Waals surface area contributed by atoms with E-state index >= 15 is 0 Å². The fraction of sp³-hybridized carbons (Fsp3) is 0.100. The first-order valence-corrected chi connectivity index (χ1v) is 10.4. The van der Waals surface area contributed by atoms with Gasteiger partial charge in [-0.3, -0.25) is 4.72 Å². The number of pyridine rings is 1. The third kappa shape index (κ3) is 4.01. The van der Waals surface area contributed by atoms with E-state index < -0.39 is 15.8 Å². The Kier molecular flexibility index (Phi) is 5.22. The van der Waals surface area contributed by atoms with Crippen LogP contribution in [0.3, 0.4) is 0 Å². The maximum atomic E-state index is 13.2. The molecule has 156 valence electrons. The molecular formula is C20H15FN6O3S. The fourth-order valence-electron chi connectivity index (χ4n) is 2.78. The Morgan fingerprint density at radius 1 is 1.13 bits per heavy atom. The average molecular weight is 438 g/mol. The van der Waals surface area contributed by atoms with Gasteiger partial charge in [0.15, 0.2) is 5.65 Å². The number of sulfonamides is 1. The summed E-state index contributed by atoms with van der Waals surface area (Å²) in [5.74, 6) is 5.46. The van der Waals surface area contributed by atoms with E-state index in [9.17, 15) is 12.8 Å². The van der Waals surface area contributed by atoms with E-state index in [1.165, 1.54) is 36.0 Å². The smallest absolute Gasteiger partial charge is 0.262 e. The highest BCUT2D eigenvalue weighted by molar-refractivity contribution is 7.92. The Labute approximate surface area is 177 Å². The van der Waals surface area contributed by atoms with Crippen LogP contribution in [0.2, 0.25) is 0 Å². The van der Waals surface area contributed by atoms with Crippen molar-refractivity contribution < 1.29 is 17.5 Å². The fourth-order valence-corrected chi connectivity index (χ4v) is 3.83. The normalized spacial score (nSPS) is 11.1. The van der Waals surface area contributed by atoms with Crippen molar-refractivity contribution in [2.24, 2.45) is 0 Å². The molecule has 3 heterocycles. The minimum atomic E-state index is -4.00. The number of nitrogens with one attached hydrogen (secondary N) is 1. The van der Waals surface area contributed by atoms with Crippen molar-refractivity contribution in [1.29, 1.82) is 0 Å². The summed E-state index contributed by atoms with van der Waals surface area (Å²) < 4.78 is 47.7. The van der Waals surface area contributed by atoms with Crippen LogP contribution in [-0.4, -0.2) is 40.3 Å². The molecule has 0 saturated heterocycles. The summed E-state index contributed by atoms with van der Waals surface area (Å²) in [5.41, 5.74) is 1.62. The molecule has 0 saturated carbocycles. The molecule has 0 atom stereocenters. The number of ether oxygens (including phenoxy) is 1. The predicted molar refractivity (Wildman–Crippen MR) is 110 cm³/mol. The van der Waals surface area contributed by atoms with E-state index in [0.717, 1.165) is 12.1 Å². The van der Waals surface area contributed by atoms with Crippen LogP contribution in [0.25, 0.3) is 16.9 Å². The highest BCUT2D eigenvalue weighted by atomic mass is 32.2. The monoisotopic (exact) mass is 438 g/mol. The predicted octanol–water partition coefficient (Wildman–Crippen LogP) is 2.51. The van der Waals surface area contributed by atoms with Crippen LogP contribution in [0.5, 0.6) is 5.88 Å². The van der Waals surface area contributed by atoms with E-state index in [-0.39, 0.29) is 16.5 Å². The van der Waals surface area contributed by atoms with Crippen LogP contribution < -0.4 is 9.46 Å². The van der Waals surface area contributed by atoms with Gasteiger partial charge in [0.2, 0.25) is 11.7 Å². The number of hydrogen-bond donors (Lipinski definition) is 1. The summed E-state index contributed by atoms with van der Waals surface area (Å²) in [6, 6.07) is 9.41. The van der Waals surface area contributed by atoms with E-state index in [2.05, 4.69) is 36.8 Å². The number of hydrogen-bond acceptors (Lipinski definition) is 7. The standard InChI is InChI=1S/C20H15FN6O3S/c1-3-4-18-23-24-19-10-9-16(25-27(18)19)13-11-17(20(30-2)22-12-13)26-31(28,29)15-7-5-14(21)6-8-15/h5-12,26H,1-2H3. The highest BCUT2D eigenvalue weighted by Gasteiger charge is 2.19. The number of benzene rings is 1. The third-order valence-electron chi connectivity index (χ3n) is 4.21. The SMILES string of the molecule is CC#Cc1nnc2ccc(-c3cnc(OC)c(NS(=O)(=O)c4ccc(F)cc4)c3)nn12. The lowest BCUT2D eigenvalue weighted by Crippen LogP contribution is -2.14. The molecule has 3 aromatic heterocycles. The zero-order chi connectivity index (χ0) is 22.0. The van der Waals surface area contributed by atoms with Crippen LogP contribution >= 0.6 is 0 Å². The van der Waals surface area contributed by atoms with Crippen molar-refractivity contribution in [3.05, 3.63) is 60.3 Å².